The highest BCUT2D eigenvalue weighted by atomic mass is 35.5. The minimum absolute atomic E-state index is 0. The van der Waals surface area contributed by atoms with Crippen LogP contribution in [0.1, 0.15) is 52.4 Å². The second-order valence-electron chi connectivity index (χ2n) is 4.08. The zero-order chi connectivity index (χ0) is 9.68. The Morgan fingerprint density at radius 1 is 1.14 bits per heavy atom. The molecule has 3 heteroatoms. The molecule has 1 N–H and O–H groups in total. The number of carbonyl (C=O) groups is 1. The molecular weight excluding hydrogens is 198 g/mol. The molecule has 0 aliphatic carbocycles. The largest absolute Gasteiger partial charge is 0.310 e. The first-order valence-electron chi connectivity index (χ1n) is 5.54. The molecule has 0 amide bonds. The van der Waals surface area contributed by atoms with Gasteiger partial charge in [0.2, 0.25) is 0 Å². The Balaban J connectivity index is 0.00000169. The van der Waals surface area contributed by atoms with Crippen molar-refractivity contribution in [2.24, 2.45) is 0 Å². The van der Waals surface area contributed by atoms with Crippen LogP contribution < -0.4 is 5.32 Å². The molecule has 0 aromatic rings. The van der Waals surface area contributed by atoms with Gasteiger partial charge >= 0.3 is 0 Å². The molecular formula is C11H22ClNO. The lowest BCUT2D eigenvalue weighted by Gasteiger charge is -2.29. The molecule has 14 heavy (non-hydrogen) atoms. The van der Waals surface area contributed by atoms with Crippen molar-refractivity contribution >= 4 is 18.2 Å². The van der Waals surface area contributed by atoms with Gasteiger partial charge in [-0.2, -0.15) is 0 Å². The first kappa shape index (κ1) is 13.9. The Morgan fingerprint density at radius 2 is 1.57 bits per heavy atom. The van der Waals surface area contributed by atoms with Gasteiger partial charge in [-0.3, -0.25) is 4.79 Å². The van der Waals surface area contributed by atoms with Crippen LogP contribution in [0.15, 0.2) is 0 Å². The number of ketones is 1. The molecule has 0 aromatic carbocycles. The van der Waals surface area contributed by atoms with E-state index in [1.165, 1.54) is 12.8 Å². The molecule has 2 atom stereocenters. The topological polar surface area (TPSA) is 29.1 Å². The number of hydrogen-bond donors (Lipinski definition) is 1. The maximum Gasteiger partial charge on any atom is 0.136 e. The summed E-state index contributed by atoms with van der Waals surface area (Å²) in [4.78, 5) is 11.4. The summed E-state index contributed by atoms with van der Waals surface area (Å²) in [6.07, 6.45) is 6.15. The van der Waals surface area contributed by atoms with E-state index in [4.69, 9.17) is 0 Å². The molecule has 1 saturated heterocycles. The van der Waals surface area contributed by atoms with Gasteiger partial charge in [-0.15, -0.1) is 12.4 Å². The summed E-state index contributed by atoms with van der Waals surface area (Å²) in [7, 11) is 0. The minimum Gasteiger partial charge on any atom is -0.310 e. The maximum absolute atomic E-state index is 11.4. The fourth-order valence-electron chi connectivity index (χ4n) is 2.15. The van der Waals surface area contributed by atoms with Crippen molar-refractivity contribution in [3.8, 4) is 0 Å². The van der Waals surface area contributed by atoms with Gasteiger partial charge in [-0.25, -0.2) is 0 Å². The van der Waals surface area contributed by atoms with E-state index in [1.807, 2.05) is 0 Å². The van der Waals surface area contributed by atoms with Gasteiger partial charge in [0.05, 0.1) is 0 Å². The van der Waals surface area contributed by atoms with Crippen LogP contribution in [0.25, 0.3) is 0 Å². The Kier molecular flexibility index (Phi) is 7.20. The van der Waals surface area contributed by atoms with Crippen molar-refractivity contribution < 1.29 is 4.79 Å². The van der Waals surface area contributed by atoms with E-state index >= 15 is 0 Å². The Labute approximate surface area is 93.2 Å². The van der Waals surface area contributed by atoms with E-state index in [0.29, 0.717) is 17.9 Å². The van der Waals surface area contributed by atoms with Gasteiger partial charge in [0, 0.05) is 24.9 Å². The number of Topliss-reactive ketones (excluding diaryl/α,β-unsaturated/α-hetero) is 1. The lowest BCUT2D eigenvalue weighted by molar-refractivity contribution is -0.121. The third-order valence-electron chi connectivity index (χ3n) is 2.69. The maximum atomic E-state index is 11.4. The standard InChI is InChI=1S/C11H21NO.ClH/c1-3-5-9-7-11(13)8-10(12-9)6-4-2;/h9-10,12H,3-8H2,1-2H3;1H/t9-,10+;. The van der Waals surface area contributed by atoms with Crippen molar-refractivity contribution in [2.45, 2.75) is 64.5 Å². The first-order valence-corrected chi connectivity index (χ1v) is 5.54. The summed E-state index contributed by atoms with van der Waals surface area (Å²) >= 11 is 0. The highest BCUT2D eigenvalue weighted by Crippen LogP contribution is 2.16. The molecule has 1 fully saturated rings. The van der Waals surface area contributed by atoms with Crippen LogP contribution in [0.2, 0.25) is 0 Å². The Bertz CT molecular complexity index is 157. The number of carbonyl (C=O) groups excluding carboxylic acids is 1. The highest BCUT2D eigenvalue weighted by Gasteiger charge is 2.24. The Hall–Kier alpha value is -0.0800. The molecule has 0 spiro atoms. The zero-order valence-electron chi connectivity index (χ0n) is 9.21. The van der Waals surface area contributed by atoms with Gasteiger partial charge in [0.25, 0.3) is 0 Å². The highest BCUT2D eigenvalue weighted by molar-refractivity contribution is 5.85. The quantitative estimate of drug-likeness (QED) is 0.788. The first-order chi connectivity index (χ1) is 6.26. The second-order valence-corrected chi connectivity index (χ2v) is 4.08. The van der Waals surface area contributed by atoms with E-state index in [1.54, 1.807) is 0 Å². The molecule has 2 nitrogen and oxygen atoms in total. The fourth-order valence-corrected chi connectivity index (χ4v) is 2.15. The SMILES string of the molecule is CCC[C@@H]1CC(=O)C[C@H](CCC)N1.Cl. The summed E-state index contributed by atoms with van der Waals surface area (Å²) in [6.45, 7) is 4.35. The summed E-state index contributed by atoms with van der Waals surface area (Å²) in [5, 5.41) is 3.56. The van der Waals surface area contributed by atoms with Crippen LogP contribution in [0.3, 0.4) is 0 Å². The summed E-state index contributed by atoms with van der Waals surface area (Å²) in [6, 6.07) is 0.922. The molecule has 84 valence electrons. The van der Waals surface area contributed by atoms with Crippen LogP contribution in [-0.2, 0) is 4.79 Å². The van der Waals surface area contributed by atoms with Crippen LogP contribution >= 0.6 is 12.4 Å². The van der Waals surface area contributed by atoms with Crippen molar-refractivity contribution in [1.82, 2.24) is 5.32 Å². The van der Waals surface area contributed by atoms with E-state index in [9.17, 15) is 4.79 Å². The van der Waals surface area contributed by atoms with E-state index in [-0.39, 0.29) is 12.4 Å². The molecule has 0 saturated carbocycles. The van der Waals surface area contributed by atoms with Crippen molar-refractivity contribution in [3.63, 3.8) is 0 Å². The number of hydrogen-bond acceptors (Lipinski definition) is 2. The molecule has 1 aliphatic heterocycles. The van der Waals surface area contributed by atoms with Crippen molar-refractivity contribution in [3.05, 3.63) is 0 Å². The van der Waals surface area contributed by atoms with E-state index < -0.39 is 0 Å². The third-order valence-corrected chi connectivity index (χ3v) is 2.69. The van der Waals surface area contributed by atoms with Crippen LogP contribution in [0.4, 0.5) is 0 Å². The average molecular weight is 220 g/mol. The summed E-state index contributed by atoms with van der Waals surface area (Å²) in [5.41, 5.74) is 0. The second kappa shape index (κ2) is 7.24. The summed E-state index contributed by atoms with van der Waals surface area (Å²) < 4.78 is 0. The van der Waals surface area contributed by atoms with Crippen LogP contribution in [-0.4, -0.2) is 17.9 Å². The van der Waals surface area contributed by atoms with Crippen molar-refractivity contribution in [2.75, 3.05) is 0 Å². The molecule has 1 rings (SSSR count). The number of nitrogens with one attached hydrogen (secondary N) is 1. The molecule has 1 aliphatic rings. The number of piperidine rings is 1. The van der Waals surface area contributed by atoms with Gasteiger partial charge in [0.1, 0.15) is 5.78 Å². The number of rotatable bonds is 4. The van der Waals surface area contributed by atoms with Gasteiger partial charge in [0.15, 0.2) is 0 Å². The minimum atomic E-state index is 0. The fraction of sp³-hybridized carbons (Fsp3) is 0.909. The van der Waals surface area contributed by atoms with Crippen LogP contribution in [0, 0.1) is 0 Å². The van der Waals surface area contributed by atoms with Gasteiger partial charge in [-0.05, 0) is 12.8 Å². The number of halogens is 1. The van der Waals surface area contributed by atoms with Gasteiger partial charge in [-0.1, -0.05) is 26.7 Å². The Morgan fingerprint density at radius 3 is 1.93 bits per heavy atom. The average Bonchev–Trinajstić information content (AvgIpc) is 2.04. The summed E-state index contributed by atoms with van der Waals surface area (Å²) in [5.74, 6) is 0.454. The lowest BCUT2D eigenvalue weighted by Crippen LogP contribution is -2.45. The van der Waals surface area contributed by atoms with E-state index in [2.05, 4.69) is 19.2 Å². The zero-order valence-corrected chi connectivity index (χ0v) is 10.0. The normalized spacial score (nSPS) is 27.1. The lowest BCUT2D eigenvalue weighted by atomic mass is 9.92. The molecule has 0 radical (unpaired) electrons. The third kappa shape index (κ3) is 4.43. The molecule has 1 heterocycles. The monoisotopic (exact) mass is 219 g/mol. The predicted octanol–water partition coefficient (Wildman–Crippen LogP) is 2.70. The van der Waals surface area contributed by atoms with Crippen LogP contribution in [0.5, 0.6) is 0 Å². The predicted molar refractivity (Wildman–Crippen MR) is 62.0 cm³/mol. The molecule has 0 aromatic heterocycles. The molecule has 0 bridgehead atoms. The van der Waals surface area contributed by atoms with Crippen molar-refractivity contribution in [1.29, 1.82) is 0 Å². The smallest absolute Gasteiger partial charge is 0.136 e. The van der Waals surface area contributed by atoms with Gasteiger partial charge < -0.3 is 5.32 Å². The van der Waals surface area contributed by atoms with E-state index in [0.717, 1.165) is 25.7 Å². The molecule has 0 unspecified atom stereocenters.